The minimum absolute atomic E-state index is 0.0661. The topological polar surface area (TPSA) is 66.8 Å². The molecule has 35 heavy (non-hydrogen) atoms. The summed E-state index contributed by atoms with van der Waals surface area (Å²) in [5.74, 6) is 0.962. The number of nitrogens with zero attached hydrogens (tertiary/aromatic N) is 1. The maximum absolute atomic E-state index is 12.5. The first kappa shape index (κ1) is 28.7. The molecule has 0 aromatic heterocycles. The number of hydrogen-bond acceptors (Lipinski definition) is 4. The van der Waals surface area contributed by atoms with Crippen molar-refractivity contribution in [3.05, 3.63) is 58.4 Å². The first-order valence-corrected chi connectivity index (χ1v) is 13.2. The molecule has 0 bridgehead atoms. The van der Waals surface area contributed by atoms with Crippen molar-refractivity contribution in [2.45, 2.75) is 92.6 Å². The van der Waals surface area contributed by atoms with Crippen LogP contribution in [-0.2, 0) is 14.3 Å². The van der Waals surface area contributed by atoms with Gasteiger partial charge in [-0.05, 0) is 71.1 Å². The summed E-state index contributed by atoms with van der Waals surface area (Å²) in [5, 5.41) is 9.97. The fraction of sp³-hybridized carbons (Fsp3) is 0.600. The number of aliphatic hydroxyl groups is 1. The fourth-order valence-electron chi connectivity index (χ4n) is 4.28. The molecule has 0 fully saturated rings. The zero-order chi connectivity index (χ0) is 26.0. The van der Waals surface area contributed by atoms with Gasteiger partial charge in [-0.15, -0.1) is 0 Å². The third-order valence-electron chi connectivity index (χ3n) is 6.80. The molecule has 2 aliphatic heterocycles. The van der Waals surface area contributed by atoms with E-state index in [0.29, 0.717) is 23.8 Å². The van der Waals surface area contributed by atoms with E-state index in [4.69, 9.17) is 4.74 Å². The molecular formula is C30H45NO4. The summed E-state index contributed by atoms with van der Waals surface area (Å²) in [6, 6.07) is 0. The summed E-state index contributed by atoms with van der Waals surface area (Å²) >= 11 is 0. The van der Waals surface area contributed by atoms with Gasteiger partial charge in [0.1, 0.15) is 5.76 Å². The molecule has 1 amide bonds. The number of aliphatic hydroxyl groups excluding tert-OH is 1. The van der Waals surface area contributed by atoms with Crippen LogP contribution >= 0.6 is 0 Å². The number of cyclic esters (lactones) is 1. The predicted octanol–water partition coefficient (Wildman–Crippen LogP) is 6.98. The maximum atomic E-state index is 12.5. The molecule has 0 spiro atoms. The van der Waals surface area contributed by atoms with E-state index >= 15 is 0 Å². The lowest BCUT2D eigenvalue weighted by Crippen LogP contribution is -2.28. The van der Waals surface area contributed by atoms with E-state index in [2.05, 4.69) is 58.1 Å². The zero-order valence-electron chi connectivity index (χ0n) is 22.6. The van der Waals surface area contributed by atoms with Gasteiger partial charge in [0.05, 0.1) is 5.57 Å². The van der Waals surface area contributed by atoms with Crippen molar-refractivity contribution in [1.29, 1.82) is 0 Å². The average Bonchev–Trinajstić information content (AvgIpc) is 3.26. The van der Waals surface area contributed by atoms with Crippen molar-refractivity contribution < 1.29 is 19.4 Å². The highest BCUT2D eigenvalue weighted by atomic mass is 16.6. The zero-order valence-corrected chi connectivity index (χ0v) is 22.6. The molecule has 5 nitrogen and oxygen atoms in total. The van der Waals surface area contributed by atoms with Gasteiger partial charge in [0.2, 0.25) is 5.91 Å². The van der Waals surface area contributed by atoms with Crippen LogP contribution in [0.2, 0.25) is 0 Å². The largest absolute Gasteiger partial charge is 0.508 e. The van der Waals surface area contributed by atoms with Gasteiger partial charge in [-0.2, -0.15) is 0 Å². The minimum Gasteiger partial charge on any atom is -0.508 e. The Morgan fingerprint density at radius 1 is 1.20 bits per heavy atom. The molecule has 1 N–H and O–H groups in total. The Morgan fingerprint density at radius 2 is 1.94 bits per heavy atom. The Kier molecular flexibility index (Phi) is 11.6. The van der Waals surface area contributed by atoms with Gasteiger partial charge in [0, 0.05) is 25.1 Å². The summed E-state index contributed by atoms with van der Waals surface area (Å²) in [5.41, 5.74) is 3.76. The number of carbonyl (C=O) groups excluding carboxylic acids is 2. The van der Waals surface area contributed by atoms with Gasteiger partial charge in [0.25, 0.3) is 0 Å². The fourth-order valence-corrected chi connectivity index (χ4v) is 4.28. The Bertz CT molecular complexity index is 903. The van der Waals surface area contributed by atoms with Crippen LogP contribution in [0, 0.1) is 11.8 Å². The molecule has 5 heteroatoms. The van der Waals surface area contributed by atoms with Crippen molar-refractivity contribution in [2.24, 2.45) is 11.8 Å². The molecule has 0 aromatic rings. The van der Waals surface area contributed by atoms with Crippen LogP contribution in [-0.4, -0.2) is 41.1 Å². The van der Waals surface area contributed by atoms with E-state index in [0.717, 1.165) is 62.8 Å². The second-order valence-electron chi connectivity index (χ2n) is 10.6. The van der Waals surface area contributed by atoms with Crippen LogP contribution in [0.5, 0.6) is 0 Å². The molecule has 194 valence electrons. The highest BCUT2D eigenvalue weighted by molar-refractivity contribution is 5.95. The van der Waals surface area contributed by atoms with Crippen molar-refractivity contribution >= 4 is 11.9 Å². The first-order chi connectivity index (χ1) is 16.6. The smallest absolute Gasteiger partial charge is 0.338 e. The molecule has 2 aliphatic rings. The second-order valence-corrected chi connectivity index (χ2v) is 10.6. The quantitative estimate of drug-likeness (QED) is 0.164. The van der Waals surface area contributed by atoms with Crippen LogP contribution in [0.25, 0.3) is 0 Å². The highest BCUT2D eigenvalue weighted by Crippen LogP contribution is 2.25. The van der Waals surface area contributed by atoms with Crippen LogP contribution in [0.3, 0.4) is 0 Å². The van der Waals surface area contributed by atoms with E-state index < -0.39 is 12.1 Å². The number of carbonyl (C=O) groups is 2. The van der Waals surface area contributed by atoms with E-state index in [9.17, 15) is 14.7 Å². The van der Waals surface area contributed by atoms with E-state index in [-0.39, 0.29) is 11.7 Å². The molecule has 2 heterocycles. The van der Waals surface area contributed by atoms with Gasteiger partial charge in [0.15, 0.2) is 6.10 Å². The average molecular weight is 484 g/mol. The van der Waals surface area contributed by atoms with Gasteiger partial charge in [-0.25, -0.2) is 4.79 Å². The highest BCUT2D eigenvalue weighted by Gasteiger charge is 2.31. The third-order valence-corrected chi connectivity index (χ3v) is 6.80. The Balaban J connectivity index is 1.64. The number of esters is 1. The van der Waals surface area contributed by atoms with Crippen LogP contribution in [0.15, 0.2) is 58.4 Å². The van der Waals surface area contributed by atoms with E-state index in [1.807, 2.05) is 11.8 Å². The van der Waals surface area contributed by atoms with Gasteiger partial charge < -0.3 is 14.7 Å². The molecular weight excluding hydrogens is 438 g/mol. The molecule has 2 atom stereocenters. The van der Waals surface area contributed by atoms with Gasteiger partial charge >= 0.3 is 5.97 Å². The van der Waals surface area contributed by atoms with E-state index in [1.165, 1.54) is 5.57 Å². The standard InChI is InChI=1S/C30H45NO4/c1-21(2)16-18-31-19-17-26(29(31)33)15-9-13-23(4)11-7-10-22(3)12-8-14-24(5)20-27-28(32)25(6)30(34)35-27/h7,10-11,14,17,21-22,27,32H,8-9,12-13,15-16,18-20H2,1-6H3/b10-7+,23-11+,24-14-. The van der Waals surface area contributed by atoms with E-state index in [1.54, 1.807) is 6.92 Å². The molecule has 0 saturated heterocycles. The molecule has 0 saturated carbocycles. The lowest BCUT2D eigenvalue weighted by Gasteiger charge is -2.17. The summed E-state index contributed by atoms with van der Waals surface area (Å²) in [7, 11) is 0. The van der Waals surface area contributed by atoms with Crippen molar-refractivity contribution in [3.63, 3.8) is 0 Å². The molecule has 0 aliphatic carbocycles. The normalized spacial score (nSPS) is 20.5. The summed E-state index contributed by atoms with van der Waals surface area (Å²) in [6.45, 7) is 14.0. The lowest BCUT2D eigenvalue weighted by atomic mass is 10.0. The molecule has 2 rings (SSSR count). The third kappa shape index (κ3) is 9.54. The Morgan fingerprint density at radius 3 is 2.60 bits per heavy atom. The number of amides is 1. The summed E-state index contributed by atoms with van der Waals surface area (Å²) in [6.07, 6.45) is 16.8. The molecule has 0 radical (unpaired) electrons. The van der Waals surface area contributed by atoms with Crippen molar-refractivity contribution in [1.82, 2.24) is 4.90 Å². The lowest BCUT2D eigenvalue weighted by molar-refractivity contribution is -0.140. The van der Waals surface area contributed by atoms with Gasteiger partial charge in [-0.3, -0.25) is 4.79 Å². The maximum Gasteiger partial charge on any atom is 0.338 e. The predicted molar refractivity (Wildman–Crippen MR) is 143 cm³/mol. The number of hydrogen-bond donors (Lipinski definition) is 1. The number of rotatable bonds is 14. The van der Waals surface area contributed by atoms with Crippen LogP contribution in [0.4, 0.5) is 0 Å². The number of ether oxygens (including phenoxy) is 1. The minimum atomic E-state index is -0.531. The first-order valence-electron chi connectivity index (χ1n) is 13.2. The number of allylic oxidation sites excluding steroid dienone is 5. The monoisotopic (exact) mass is 483 g/mol. The van der Waals surface area contributed by atoms with Crippen molar-refractivity contribution in [2.75, 3.05) is 13.1 Å². The van der Waals surface area contributed by atoms with Crippen LogP contribution < -0.4 is 0 Å². The Hall–Kier alpha value is -2.56. The summed E-state index contributed by atoms with van der Waals surface area (Å²) in [4.78, 5) is 26.0. The van der Waals surface area contributed by atoms with Gasteiger partial charge in [-0.1, -0.05) is 62.3 Å². The second kappa shape index (κ2) is 14.1. The molecule has 2 unspecified atom stereocenters. The van der Waals surface area contributed by atoms with Crippen LogP contribution in [0.1, 0.15) is 86.5 Å². The summed E-state index contributed by atoms with van der Waals surface area (Å²) < 4.78 is 5.20. The SMILES string of the molecule is CC1=C(O)C(C/C(C)=C\CCC(C)/C=C/C=C(\C)CCCC2=CCN(CCC(C)C)C2=O)OC1=O. The Labute approximate surface area is 212 Å². The molecule has 0 aromatic carbocycles. The van der Waals surface area contributed by atoms with Crippen molar-refractivity contribution in [3.8, 4) is 0 Å².